The van der Waals surface area contributed by atoms with Crippen LogP contribution in [0, 0.1) is 6.92 Å². The summed E-state index contributed by atoms with van der Waals surface area (Å²) < 4.78 is 1.80. The Morgan fingerprint density at radius 2 is 1.10 bits per heavy atom. The summed E-state index contributed by atoms with van der Waals surface area (Å²) in [5.41, 5.74) is 4.96. The summed E-state index contributed by atoms with van der Waals surface area (Å²) in [6.07, 6.45) is 0. The molecule has 152 valence electrons. The van der Waals surface area contributed by atoms with Gasteiger partial charge in [-0.25, -0.2) is 4.68 Å². The maximum atomic E-state index is 6.29. The standard InChI is InChI=1S/C22H12Cl6N2/c1-11-21(12-2-5-15(23)18(26)8-12)29-30(14-4-7-17(25)20(28)10-14)22(11)13-3-6-16(24)19(27)9-13/h2-10H,1H3. The molecule has 0 amide bonds. The zero-order valence-electron chi connectivity index (χ0n) is 15.4. The molecule has 0 N–H and O–H groups in total. The van der Waals surface area contributed by atoms with Crippen LogP contribution in [0.15, 0.2) is 54.6 Å². The summed E-state index contributed by atoms with van der Waals surface area (Å²) in [4.78, 5) is 0. The van der Waals surface area contributed by atoms with Crippen molar-refractivity contribution in [3.05, 3.63) is 90.3 Å². The zero-order chi connectivity index (χ0) is 21.6. The van der Waals surface area contributed by atoms with Crippen molar-refractivity contribution in [1.29, 1.82) is 0 Å². The number of hydrogen-bond acceptors (Lipinski definition) is 1. The molecule has 1 aromatic heterocycles. The van der Waals surface area contributed by atoms with Crippen LogP contribution in [0.4, 0.5) is 0 Å². The van der Waals surface area contributed by atoms with E-state index in [0.717, 1.165) is 33.8 Å². The van der Waals surface area contributed by atoms with Crippen LogP contribution in [-0.4, -0.2) is 9.78 Å². The van der Waals surface area contributed by atoms with Gasteiger partial charge < -0.3 is 0 Å². The van der Waals surface area contributed by atoms with Crippen LogP contribution in [0.5, 0.6) is 0 Å². The zero-order valence-corrected chi connectivity index (χ0v) is 19.9. The van der Waals surface area contributed by atoms with Crippen molar-refractivity contribution < 1.29 is 0 Å². The molecule has 2 nitrogen and oxygen atoms in total. The van der Waals surface area contributed by atoms with E-state index in [1.54, 1.807) is 41.1 Å². The van der Waals surface area contributed by atoms with Crippen molar-refractivity contribution in [3.8, 4) is 28.2 Å². The molecule has 0 aliphatic rings. The van der Waals surface area contributed by atoms with Crippen LogP contribution in [-0.2, 0) is 0 Å². The summed E-state index contributed by atoms with van der Waals surface area (Å²) in [6.45, 7) is 1.98. The third-order valence-electron chi connectivity index (χ3n) is 4.66. The lowest BCUT2D eigenvalue weighted by Gasteiger charge is -2.10. The third-order valence-corrected chi connectivity index (χ3v) is 6.87. The molecule has 8 heteroatoms. The fourth-order valence-corrected chi connectivity index (χ4v) is 4.09. The molecule has 3 aromatic carbocycles. The first kappa shape index (κ1) is 21.8. The van der Waals surface area contributed by atoms with E-state index in [1.165, 1.54) is 0 Å². The van der Waals surface area contributed by atoms with Gasteiger partial charge in [0.25, 0.3) is 0 Å². The molecule has 0 unspecified atom stereocenters. The van der Waals surface area contributed by atoms with E-state index in [-0.39, 0.29) is 0 Å². The minimum Gasteiger partial charge on any atom is -0.232 e. The van der Waals surface area contributed by atoms with Gasteiger partial charge in [0.1, 0.15) is 0 Å². The molecule has 30 heavy (non-hydrogen) atoms. The second-order valence-corrected chi connectivity index (χ2v) is 9.03. The number of aromatic nitrogens is 2. The Morgan fingerprint density at radius 3 is 1.67 bits per heavy atom. The van der Waals surface area contributed by atoms with Gasteiger partial charge in [-0.2, -0.15) is 5.10 Å². The van der Waals surface area contributed by atoms with Crippen LogP contribution in [0.25, 0.3) is 28.2 Å². The lowest BCUT2D eigenvalue weighted by Crippen LogP contribution is -2.00. The SMILES string of the molecule is Cc1c(-c2ccc(Cl)c(Cl)c2)nn(-c2ccc(Cl)c(Cl)c2)c1-c1ccc(Cl)c(Cl)c1. The molecule has 0 saturated heterocycles. The topological polar surface area (TPSA) is 17.8 Å². The van der Waals surface area contributed by atoms with Gasteiger partial charge in [-0.05, 0) is 49.4 Å². The van der Waals surface area contributed by atoms with Crippen molar-refractivity contribution in [3.63, 3.8) is 0 Å². The van der Waals surface area contributed by atoms with Crippen LogP contribution >= 0.6 is 69.6 Å². The Kier molecular flexibility index (Phi) is 6.28. The fourth-order valence-electron chi connectivity index (χ4n) is 3.20. The average molecular weight is 517 g/mol. The molecule has 0 spiro atoms. The largest absolute Gasteiger partial charge is 0.232 e. The van der Waals surface area contributed by atoms with Gasteiger partial charge in [-0.3, -0.25) is 0 Å². The maximum Gasteiger partial charge on any atom is 0.0963 e. The van der Waals surface area contributed by atoms with E-state index in [4.69, 9.17) is 74.7 Å². The predicted molar refractivity (Wildman–Crippen MR) is 129 cm³/mol. The van der Waals surface area contributed by atoms with Gasteiger partial charge in [-0.1, -0.05) is 81.7 Å². The van der Waals surface area contributed by atoms with Crippen LogP contribution in [0.3, 0.4) is 0 Å². The highest BCUT2D eigenvalue weighted by atomic mass is 35.5. The minimum atomic E-state index is 0.429. The molecule has 0 atom stereocenters. The molecule has 1 heterocycles. The molecule has 0 saturated carbocycles. The highest BCUT2D eigenvalue weighted by Gasteiger charge is 2.20. The first-order valence-corrected chi connectivity index (χ1v) is 11.0. The number of hydrogen-bond donors (Lipinski definition) is 0. The summed E-state index contributed by atoms with van der Waals surface area (Å²) >= 11 is 37.1. The Bertz CT molecular complexity index is 1280. The monoisotopic (exact) mass is 514 g/mol. The molecular weight excluding hydrogens is 505 g/mol. The van der Waals surface area contributed by atoms with Gasteiger partial charge in [0.05, 0.1) is 47.2 Å². The minimum absolute atomic E-state index is 0.429. The number of halogens is 6. The predicted octanol–water partition coefficient (Wildman–Crippen LogP) is 9.44. The van der Waals surface area contributed by atoms with E-state index >= 15 is 0 Å². The molecule has 4 rings (SSSR count). The highest BCUT2D eigenvalue weighted by Crippen LogP contribution is 2.38. The van der Waals surface area contributed by atoms with Crippen LogP contribution in [0.1, 0.15) is 5.56 Å². The average Bonchev–Trinajstić information content (AvgIpc) is 3.05. The van der Waals surface area contributed by atoms with Crippen LogP contribution in [0.2, 0.25) is 30.1 Å². The van der Waals surface area contributed by atoms with Gasteiger partial charge >= 0.3 is 0 Å². The van der Waals surface area contributed by atoms with Gasteiger partial charge in [0.15, 0.2) is 0 Å². The molecule has 0 radical (unpaired) electrons. The highest BCUT2D eigenvalue weighted by molar-refractivity contribution is 6.43. The molecular formula is C22H12Cl6N2. The number of nitrogens with zero attached hydrogens (tertiary/aromatic N) is 2. The Morgan fingerprint density at radius 1 is 0.600 bits per heavy atom. The maximum absolute atomic E-state index is 6.29. The quantitative estimate of drug-likeness (QED) is 0.265. The van der Waals surface area contributed by atoms with Crippen molar-refractivity contribution >= 4 is 69.6 Å². The Balaban J connectivity index is 2.00. The van der Waals surface area contributed by atoms with E-state index < -0.39 is 0 Å². The Labute approximate surface area is 203 Å². The summed E-state index contributed by atoms with van der Waals surface area (Å²) in [5, 5.41) is 7.61. The van der Waals surface area contributed by atoms with E-state index in [1.807, 2.05) is 25.1 Å². The normalized spacial score (nSPS) is 11.2. The number of rotatable bonds is 3. The van der Waals surface area contributed by atoms with Crippen molar-refractivity contribution in [2.45, 2.75) is 6.92 Å². The van der Waals surface area contributed by atoms with Crippen molar-refractivity contribution in [2.75, 3.05) is 0 Å². The summed E-state index contributed by atoms with van der Waals surface area (Å²) in [6, 6.07) is 16.2. The molecule has 0 bridgehead atoms. The second kappa shape index (κ2) is 8.63. The first-order valence-electron chi connectivity index (χ1n) is 8.72. The van der Waals surface area contributed by atoms with E-state index in [9.17, 15) is 0 Å². The summed E-state index contributed by atoms with van der Waals surface area (Å²) in [5.74, 6) is 0. The van der Waals surface area contributed by atoms with Gasteiger partial charge in [-0.15, -0.1) is 0 Å². The van der Waals surface area contributed by atoms with E-state index in [0.29, 0.717) is 30.1 Å². The van der Waals surface area contributed by atoms with Crippen molar-refractivity contribution in [1.82, 2.24) is 9.78 Å². The van der Waals surface area contributed by atoms with Crippen LogP contribution < -0.4 is 0 Å². The summed E-state index contributed by atoms with van der Waals surface area (Å²) in [7, 11) is 0. The molecule has 0 fully saturated rings. The molecule has 4 aromatic rings. The second-order valence-electron chi connectivity index (χ2n) is 6.59. The first-order chi connectivity index (χ1) is 14.3. The number of benzene rings is 3. The lowest BCUT2D eigenvalue weighted by molar-refractivity contribution is 0.892. The lowest BCUT2D eigenvalue weighted by atomic mass is 10.0. The fraction of sp³-hybridized carbons (Fsp3) is 0.0455. The van der Waals surface area contributed by atoms with Gasteiger partial charge in [0, 0.05) is 16.7 Å². The molecule has 0 aliphatic carbocycles. The Hall–Kier alpha value is -1.39. The third kappa shape index (κ3) is 4.05. The van der Waals surface area contributed by atoms with E-state index in [2.05, 4.69) is 0 Å². The van der Waals surface area contributed by atoms with Crippen molar-refractivity contribution in [2.24, 2.45) is 0 Å². The molecule has 0 aliphatic heterocycles. The smallest absolute Gasteiger partial charge is 0.0963 e. The van der Waals surface area contributed by atoms with Gasteiger partial charge in [0.2, 0.25) is 0 Å².